The molecule has 0 aromatic heterocycles. The van der Waals surface area contributed by atoms with Crippen molar-refractivity contribution in [2.45, 2.75) is 33.1 Å². The maximum Gasteiger partial charge on any atom is 0.165 e. The minimum absolute atomic E-state index is 0.0461. The Morgan fingerprint density at radius 1 is 1.33 bits per heavy atom. The molecule has 0 aliphatic heterocycles. The molecule has 3 heteroatoms. The summed E-state index contributed by atoms with van der Waals surface area (Å²) in [7, 11) is 3.62. The molecule has 0 amide bonds. The Kier molecular flexibility index (Phi) is 5.69. The Hall–Kier alpha value is -1.51. The van der Waals surface area contributed by atoms with Crippen molar-refractivity contribution in [2.75, 3.05) is 25.6 Å². The number of carbonyl (C=O) groups is 1. The van der Waals surface area contributed by atoms with Gasteiger partial charge in [-0.1, -0.05) is 25.8 Å². The van der Waals surface area contributed by atoms with Gasteiger partial charge in [-0.15, -0.1) is 0 Å². The molecule has 0 atom stereocenters. The van der Waals surface area contributed by atoms with E-state index < -0.39 is 0 Å². The molecule has 0 fully saturated rings. The summed E-state index contributed by atoms with van der Waals surface area (Å²) in [5.41, 5.74) is 1.64. The number of methoxy groups -OCH3 is 1. The summed E-state index contributed by atoms with van der Waals surface area (Å²) in [6.45, 7) is 4.73. The van der Waals surface area contributed by atoms with Gasteiger partial charge in [-0.3, -0.25) is 4.79 Å². The second-order valence-corrected chi connectivity index (χ2v) is 4.54. The van der Waals surface area contributed by atoms with Gasteiger partial charge in [-0.2, -0.15) is 0 Å². The summed E-state index contributed by atoms with van der Waals surface area (Å²) in [6.07, 6.45) is 3.55. The fraction of sp³-hybridized carbons (Fsp3) is 0.533. The molecule has 0 spiro atoms. The smallest absolute Gasteiger partial charge is 0.165 e. The van der Waals surface area contributed by atoms with E-state index in [9.17, 15) is 4.79 Å². The van der Waals surface area contributed by atoms with E-state index in [4.69, 9.17) is 4.74 Å². The molecule has 0 N–H and O–H groups in total. The van der Waals surface area contributed by atoms with Gasteiger partial charge in [0.25, 0.3) is 0 Å². The van der Waals surface area contributed by atoms with Gasteiger partial charge in [0, 0.05) is 13.6 Å². The number of carbonyl (C=O) groups excluding carboxylic acids is 1. The first-order chi connectivity index (χ1) is 8.61. The van der Waals surface area contributed by atoms with Gasteiger partial charge in [-0.25, -0.2) is 0 Å². The number of rotatable bonds is 7. The second-order valence-electron chi connectivity index (χ2n) is 4.54. The third-order valence-corrected chi connectivity index (χ3v) is 3.08. The number of unbranched alkanes of at least 4 members (excludes halogenated alkanes) is 2. The van der Waals surface area contributed by atoms with Crippen LogP contribution in [0.25, 0.3) is 0 Å². The first kappa shape index (κ1) is 14.6. The number of ketones is 1. The van der Waals surface area contributed by atoms with Crippen LogP contribution in [0.5, 0.6) is 5.75 Å². The molecule has 0 saturated heterocycles. The highest BCUT2D eigenvalue weighted by Crippen LogP contribution is 2.29. The van der Waals surface area contributed by atoms with E-state index in [0.29, 0.717) is 11.3 Å². The van der Waals surface area contributed by atoms with E-state index in [1.165, 1.54) is 12.8 Å². The van der Waals surface area contributed by atoms with Gasteiger partial charge in [0.1, 0.15) is 5.75 Å². The molecular weight excluding hydrogens is 226 g/mol. The Bertz CT molecular complexity index is 401. The predicted molar refractivity (Wildman–Crippen MR) is 75.8 cm³/mol. The average Bonchev–Trinajstić information content (AvgIpc) is 2.37. The lowest BCUT2D eigenvalue weighted by Gasteiger charge is -2.22. The van der Waals surface area contributed by atoms with Crippen molar-refractivity contribution < 1.29 is 9.53 Å². The molecule has 0 aliphatic rings. The van der Waals surface area contributed by atoms with Crippen LogP contribution in [0.3, 0.4) is 0 Å². The number of anilines is 1. The lowest BCUT2D eigenvalue weighted by Crippen LogP contribution is -2.21. The van der Waals surface area contributed by atoms with Gasteiger partial charge in [-0.05, 0) is 25.5 Å². The van der Waals surface area contributed by atoms with Crippen LogP contribution in [0.4, 0.5) is 5.69 Å². The zero-order chi connectivity index (χ0) is 13.5. The van der Waals surface area contributed by atoms with E-state index in [1.54, 1.807) is 14.0 Å². The second kappa shape index (κ2) is 7.04. The van der Waals surface area contributed by atoms with Crippen molar-refractivity contribution in [1.82, 2.24) is 0 Å². The summed E-state index contributed by atoms with van der Waals surface area (Å²) < 4.78 is 5.28. The molecule has 1 aromatic carbocycles. The molecule has 0 bridgehead atoms. The van der Waals surface area contributed by atoms with Crippen molar-refractivity contribution >= 4 is 11.5 Å². The van der Waals surface area contributed by atoms with Crippen LogP contribution >= 0.6 is 0 Å². The fourth-order valence-corrected chi connectivity index (χ4v) is 2.08. The molecule has 1 aromatic rings. The highest BCUT2D eigenvalue weighted by Gasteiger charge is 2.15. The Labute approximate surface area is 110 Å². The molecule has 0 saturated carbocycles. The summed E-state index contributed by atoms with van der Waals surface area (Å²) in [4.78, 5) is 13.9. The van der Waals surface area contributed by atoms with Crippen molar-refractivity contribution in [3.8, 4) is 5.75 Å². The quantitative estimate of drug-likeness (QED) is 0.547. The van der Waals surface area contributed by atoms with Crippen LogP contribution in [0, 0.1) is 0 Å². The van der Waals surface area contributed by atoms with Gasteiger partial charge in [0.05, 0.1) is 18.4 Å². The first-order valence-electron chi connectivity index (χ1n) is 6.50. The van der Waals surface area contributed by atoms with E-state index in [-0.39, 0.29) is 5.78 Å². The molecular formula is C15H23NO2. The number of Topliss-reactive ketones (excluding diaryl/α,β-unsaturated/α-hetero) is 1. The van der Waals surface area contributed by atoms with Crippen molar-refractivity contribution in [3.05, 3.63) is 23.8 Å². The first-order valence-corrected chi connectivity index (χ1v) is 6.50. The van der Waals surface area contributed by atoms with Crippen LogP contribution in [-0.4, -0.2) is 26.5 Å². The molecule has 3 nitrogen and oxygen atoms in total. The number of ether oxygens (including phenoxy) is 1. The molecule has 0 radical (unpaired) electrons. The monoisotopic (exact) mass is 249 g/mol. The van der Waals surface area contributed by atoms with Crippen LogP contribution in [0.15, 0.2) is 18.2 Å². The molecule has 18 heavy (non-hydrogen) atoms. The van der Waals surface area contributed by atoms with Crippen LogP contribution in [0.2, 0.25) is 0 Å². The number of hydrogen-bond donors (Lipinski definition) is 0. The maximum atomic E-state index is 11.8. The number of benzene rings is 1. The molecule has 0 unspecified atom stereocenters. The highest BCUT2D eigenvalue weighted by atomic mass is 16.5. The van der Waals surface area contributed by atoms with E-state index >= 15 is 0 Å². The maximum absolute atomic E-state index is 11.8. The normalized spacial score (nSPS) is 10.2. The standard InChI is InChI=1S/C15H23NO2/c1-5-6-7-11-16(3)13-9-8-10-14(18-4)15(13)12(2)17/h8-10H,5-7,11H2,1-4H3. The Morgan fingerprint density at radius 2 is 2.06 bits per heavy atom. The van der Waals surface area contributed by atoms with Crippen LogP contribution in [0.1, 0.15) is 43.5 Å². The predicted octanol–water partition coefficient (Wildman–Crippen LogP) is 3.52. The largest absolute Gasteiger partial charge is 0.496 e. The summed E-state index contributed by atoms with van der Waals surface area (Å²) in [5, 5.41) is 0. The molecule has 1 rings (SSSR count). The van der Waals surface area contributed by atoms with Gasteiger partial charge >= 0.3 is 0 Å². The zero-order valence-corrected chi connectivity index (χ0v) is 11.8. The average molecular weight is 249 g/mol. The fourth-order valence-electron chi connectivity index (χ4n) is 2.08. The van der Waals surface area contributed by atoms with E-state index in [2.05, 4.69) is 11.8 Å². The highest BCUT2D eigenvalue weighted by molar-refractivity contribution is 6.02. The molecule has 100 valence electrons. The lowest BCUT2D eigenvalue weighted by molar-refractivity contribution is 0.101. The van der Waals surface area contributed by atoms with Gasteiger partial charge < -0.3 is 9.64 Å². The molecule has 0 heterocycles. The minimum Gasteiger partial charge on any atom is -0.496 e. The lowest BCUT2D eigenvalue weighted by atomic mass is 10.1. The van der Waals surface area contributed by atoms with Crippen LogP contribution < -0.4 is 9.64 Å². The SMILES string of the molecule is CCCCCN(C)c1cccc(OC)c1C(C)=O. The summed E-state index contributed by atoms with van der Waals surface area (Å²) >= 11 is 0. The molecule has 0 aliphatic carbocycles. The number of nitrogens with zero attached hydrogens (tertiary/aromatic N) is 1. The third-order valence-electron chi connectivity index (χ3n) is 3.08. The van der Waals surface area contributed by atoms with Crippen molar-refractivity contribution in [2.24, 2.45) is 0 Å². The van der Waals surface area contributed by atoms with Crippen molar-refractivity contribution in [1.29, 1.82) is 0 Å². The van der Waals surface area contributed by atoms with Gasteiger partial charge in [0.15, 0.2) is 5.78 Å². The Morgan fingerprint density at radius 3 is 2.61 bits per heavy atom. The summed E-state index contributed by atoms with van der Waals surface area (Å²) in [6, 6.07) is 5.74. The third kappa shape index (κ3) is 3.49. The Balaban J connectivity index is 2.96. The van der Waals surface area contributed by atoms with Gasteiger partial charge in [0.2, 0.25) is 0 Å². The zero-order valence-electron chi connectivity index (χ0n) is 11.8. The topological polar surface area (TPSA) is 29.5 Å². The number of hydrogen-bond acceptors (Lipinski definition) is 3. The van der Waals surface area contributed by atoms with E-state index in [0.717, 1.165) is 18.7 Å². The minimum atomic E-state index is 0.0461. The summed E-state index contributed by atoms with van der Waals surface area (Å²) in [5.74, 6) is 0.701. The van der Waals surface area contributed by atoms with Crippen LogP contribution in [-0.2, 0) is 0 Å². The van der Waals surface area contributed by atoms with Crippen molar-refractivity contribution in [3.63, 3.8) is 0 Å². The van der Waals surface area contributed by atoms with E-state index in [1.807, 2.05) is 25.2 Å².